The highest BCUT2D eigenvalue weighted by molar-refractivity contribution is 7.16. The second-order valence-corrected chi connectivity index (χ2v) is 6.75. The zero-order chi connectivity index (χ0) is 17.6. The number of hydrogen-bond donors (Lipinski definition) is 1. The predicted octanol–water partition coefficient (Wildman–Crippen LogP) is 4.54. The number of aromatic nitrogens is 1. The molecule has 0 unspecified atom stereocenters. The molecule has 0 bridgehead atoms. The molecule has 0 atom stereocenters. The first kappa shape index (κ1) is 17.2. The first-order valence-electron chi connectivity index (χ1n) is 7.40. The number of anilines is 1. The van der Waals surface area contributed by atoms with Crippen LogP contribution in [0.2, 0.25) is 0 Å². The zero-order valence-corrected chi connectivity index (χ0v) is 15.3. The molecule has 128 valence electrons. The van der Waals surface area contributed by atoms with Gasteiger partial charge in [0, 0.05) is 17.0 Å². The second-order valence-electron chi connectivity index (χ2n) is 4.95. The van der Waals surface area contributed by atoms with E-state index in [1.54, 1.807) is 49.8 Å². The summed E-state index contributed by atoms with van der Waals surface area (Å²) in [7, 11) is 3.18. The van der Waals surface area contributed by atoms with Gasteiger partial charge in [0.05, 0.1) is 24.8 Å². The maximum Gasteiger partial charge on any atom is 0.250 e. The normalized spacial score (nSPS) is 10.8. The van der Waals surface area contributed by atoms with Gasteiger partial charge in [-0.25, -0.2) is 4.98 Å². The maximum absolute atomic E-state index is 12.1. The van der Waals surface area contributed by atoms with Crippen molar-refractivity contribution >= 4 is 39.8 Å². The summed E-state index contributed by atoms with van der Waals surface area (Å²) in [5.41, 5.74) is 1.63. The van der Waals surface area contributed by atoms with Crippen LogP contribution in [0.15, 0.2) is 47.2 Å². The third kappa shape index (κ3) is 4.26. The van der Waals surface area contributed by atoms with Crippen LogP contribution in [0, 0.1) is 0 Å². The van der Waals surface area contributed by atoms with E-state index in [1.807, 2.05) is 22.9 Å². The molecule has 0 spiro atoms. The van der Waals surface area contributed by atoms with Crippen LogP contribution in [0.1, 0.15) is 5.56 Å². The Bertz CT molecular complexity index is 886. The van der Waals surface area contributed by atoms with E-state index in [-0.39, 0.29) is 5.91 Å². The van der Waals surface area contributed by atoms with E-state index in [1.165, 1.54) is 17.4 Å². The average molecular weight is 372 g/mol. The number of thiophene rings is 1. The average Bonchev–Trinajstić information content (AvgIpc) is 3.31. The van der Waals surface area contributed by atoms with Crippen LogP contribution in [-0.4, -0.2) is 25.1 Å². The maximum atomic E-state index is 12.1. The molecule has 7 heteroatoms. The van der Waals surface area contributed by atoms with Crippen LogP contribution in [0.3, 0.4) is 0 Å². The molecule has 0 saturated carbocycles. The van der Waals surface area contributed by atoms with E-state index in [9.17, 15) is 4.79 Å². The Morgan fingerprint density at radius 1 is 1.20 bits per heavy atom. The summed E-state index contributed by atoms with van der Waals surface area (Å²) in [5.74, 6) is 1.11. The number of carbonyl (C=O) groups excluding carboxylic acids is 1. The van der Waals surface area contributed by atoms with Gasteiger partial charge in [0.2, 0.25) is 5.91 Å². The lowest BCUT2D eigenvalue weighted by Gasteiger charge is -2.07. The fourth-order valence-electron chi connectivity index (χ4n) is 2.15. The molecule has 0 aliphatic carbocycles. The molecule has 2 aromatic heterocycles. The Kier molecular flexibility index (Phi) is 5.47. The third-order valence-corrected chi connectivity index (χ3v) is 5.01. The number of nitrogens with one attached hydrogen (secondary N) is 1. The highest BCUT2D eigenvalue weighted by Gasteiger charge is 2.08. The van der Waals surface area contributed by atoms with Crippen molar-refractivity contribution in [1.29, 1.82) is 0 Å². The molecule has 0 aliphatic rings. The number of ether oxygens (including phenoxy) is 2. The van der Waals surface area contributed by atoms with Crippen LogP contribution in [0.25, 0.3) is 16.6 Å². The molecule has 0 fully saturated rings. The molecule has 2 heterocycles. The van der Waals surface area contributed by atoms with Crippen molar-refractivity contribution < 1.29 is 14.3 Å². The van der Waals surface area contributed by atoms with E-state index in [0.29, 0.717) is 16.6 Å². The van der Waals surface area contributed by atoms with E-state index >= 15 is 0 Å². The minimum atomic E-state index is -0.253. The predicted molar refractivity (Wildman–Crippen MR) is 103 cm³/mol. The quantitative estimate of drug-likeness (QED) is 0.645. The van der Waals surface area contributed by atoms with Gasteiger partial charge in [0.1, 0.15) is 11.5 Å². The van der Waals surface area contributed by atoms with E-state index in [0.717, 1.165) is 16.1 Å². The van der Waals surface area contributed by atoms with Gasteiger partial charge in [-0.1, -0.05) is 6.07 Å². The highest BCUT2D eigenvalue weighted by Crippen LogP contribution is 2.28. The van der Waals surface area contributed by atoms with Gasteiger partial charge in [0.15, 0.2) is 5.13 Å². The first-order valence-corrected chi connectivity index (χ1v) is 9.16. The molecular weight excluding hydrogens is 356 g/mol. The lowest BCUT2D eigenvalue weighted by atomic mass is 10.1. The van der Waals surface area contributed by atoms with Crippen LogP contribution < -0.4 is 14.8 Å². The van der Waals surface area contributed by atoms with Crippen molar-refractivity contribution in [3.05, 3.63) is 52.7 Å². The molecule has 1 aromatic carbocycles. The molecule has 1 amide bonds. The fraction of sp³-hybridized carbons (Fsp3) is 0.111. The molecule has 0 saturated heterocycles. The lowest BCUT2D eigenvalue weighted by Crippen LogP contribution is -2.07. The van der Waals surface area contributed by atoms with Crippen molar-refractivity contribution in [3.63, 3.8) is 0 Å². The summed E-state index contributed by atoms with van der Waals surface area (Å²) >= 11 is 3.01. The molecular formula is C18H16N2O3S2. The smallest absolute Gasteiger partial charge is 0.250 e. The number of rotatable bonds is 6. The van der Waals surface area contributed by atoms with Crippen LogP contribution in [0.4, 0.5) is 5.13 Å². The van der Waals surface area contributed by atoms with Crippen molar-refractivity contribution in [3.8, 4) is 22.1 Å². The Labute approximate surface area is 153 Å². The van der Waals surface area contributed by atoms with Gasteiger partial charge in [-0.2, -0.15) is 0 Å². The Hall–Kier alpha value is -2.64. The minimum absolute atomic E-state index is 0.253. The summed E-state index contributed by atoms with van der Waals surface area (Å²) in [6, 6.07) is 9.38. The number of hydrogen-bond acceptors (Lipinski definition) is 6. The van der Waals surface area contributed by atoms with Gasteiger partial charge >= 0.3 is 0 Å². The molecule has 5 nitrogen and oxygen atoms in total. The summed E-state index contributed by atoms with van der Waals surface area (Å²) < 4.78 is 10.5. The Morgan fingerprint density at radius 3 is 2.80 bits per heavy atom. The molecule has 0 radical (unpaired) electrons. The fourth-order valence-corrected chi connectivity index (χ4v) is 3.63. The second kappa shape index (κ2) is 7.96. The molecule has 25 heavy (non-hydrogen) atoms. The van der Waals surface area contributed by atoms with Crippen molar-refractivity contribution in [2.75, 3.05) is 19.5 Å². The van der Waals surface area contributed by atoms with Gasteiger partial charge in [-0.3, -0.25) is 10.1 Å². The topological polar surface area (TPSA) is 60.5 Å². The van der Waals surface area contributed by atoms with Crippen molar-refractivity contribution in [2.45, 2.75) is 0 Å². The molecule has 3 aromatic rings. The van der Waals surface area contributed by atoms with Gasteiger partial charge < -0.3 is 9.47 Å². The first-order chi connectivity index (χ1) is 12.2. The van der Waals surface area contributed by atoms with Gasteiger partial charge in [0.25, 0.3) is 0 Å². The standard InChI is InChI=1S/C18H16N2O3S2/c1-22-13-6-7-15(23-2)12(10-13)5-8-17(21)20-18-19-14(11-25-18)16-4-3-9-24-16/h3-11H,1-2H3,(H,19,20,21)/b8-5+. The molecule has 1 N–H and O–H groups in total. The zero-order valence-electron chi connectivity index (χ0n) is 13.7. The number of methoxy groups -OCH3 is 2. The monoisotopic (exact) mass is 372 g/mol. The SMILES string of the molecule is COc1ccc(OC)c(/C=C/C(=O)Nc2nc(-c3cccs3)cs2)c1. The number of nitrogens with zero attached hydrogens (tertiary/aromatic N) is 1. The molecule has 3 rings (SSSR count). The van der Waals surface area contributed by atoms with Crippen LogP contribution in [-0.2, 0) is 4.79 Å². The summed E-state index contributed by atoms with van der Waals surface area (Å²) in [5, 5.41) is 7.26. The van der Waals surface area contributed by atoms with Crippen molar-refractivity contribution in [1.82, 2.24) is 4.98 Å². The van der Waals surface area contributed by atoms with Crippen LogP contribution in [0.5, 0.6) is 11.5 Å². The Balaban J connectivity index is 1.69. The van der Waals surface area contributed by atoms with Crippen molar-refractivity contribution in [2.24, 2.45) is 0 Å². The Morgan fingerprint density at radius 2 is 2.08 bits per heavy atom. The molecule has 0 aliphatic heterocycles. The number of carbonyl (C=O) groups is 1. The number of amides is 1. The largest absolute Gasteiger partial charge is 0.497 e. The third-order valence-electron chi connectivity index (χ3n) is 3.36. The van der Waals surface area contributed by atoms with Gasteiger partial charge in [-0.15, -0.1) is 22.7 Å². The summed E-state index contributed by atoms with van der Waals surface area (Å²) in [4.78, 5) is 17.6. The minimum Gasteiger partial charge on any atom is -0.497 e. The van der Waals surface area contributed by atoms with Crippen LogP contribution >= 0.6 is 22.7 Å². The lowest BCUT2D eigenvalue weighted by molar-refractivity contribution is -0.111. The summed E-state index contributed by atoms with van der Waals surface area (Å²) in [6.45, 7) is 0. The highest BCUT2D eigenvalue weighted by atomic mass is 32.1. The number of benzene rings is 1. The van der Waals surface area contributed by atoms with E-state index in [2.05, 4.69) is 10.3 Å². The number of thiazole rings is 1. The summed E-state index contributed by atoms with van der Waals surface area (Å²) in [6.07, 6.45) is 3.13. The van der Waals surface area contributed by atoms with E-state index < -0.39 is 0 Å². The van der Waals surface area contributed by atoms with E-state index in [4.69, 9.17) is 9.47 Å². The van der Waals surface area contributed by atoms with Gasteiger partial charge in [-0.05, 0) is 35.7 Å².